The summed E-state index contributed by atoms with van der Waals surface area (Å²) in [5.74, 6) is 0. The second-order valence-corrected chi connectivity index (χ2v) is 6.62. The fraction of sp³-hybridized carbons (Fsp3) is 0. The van der Waals surface area contributed by atoms with E-state index >= 15 is 0 Å². The maximum absolute atomic E-state index is 11.0. The molecule has 0 spiro atoms. The van der Waals surface area contributed by atoms with Crippen LogP contribution in [0.1, 0.15) is 10.5 Å². The molecule has 8 heteroatoms. The fourth-order valence-corrected chi connectivity index (χ4v) is 2.44. The Morgan fingerprint density at radius 3 is 2.41 bits per heavy atom. The van der Waals surface area contributed by atoms with Crippen LogP contribution in [0.25, 0.3) is 5.69 Å². The third kappa shape index (κ3) is 2.36. The SMILES string of the molecule is O=Cc1cnnn1-c1ccc([As](=O)(O)O)cc1. The zero-order valence-electron chi connectivity index (χ0n) is 8.46. The summed E-state index contributed by atoms with van der Waals surface area (Å²) in [7, 11) is 0. The summed E-state index contributed by atoms with van der Waals surface area (Å²) < 4.78 is 30.3. The molecule has 0 aliphatic heterocycles. The van der Waals surface area contributed by atoms with E-state index in [1.54, 1.807) is 0 Å². The number of hydrogen-bond donors (Lipinski definition) is 2. The maximum atomic E-state index is 11.0. The summed E-state index contributed by atoms with van der Waals surface area (Å²) >= 11 is -4.86. The van der Waals surface area contributed by atoms with Crippen LogP contribution in [0, 0.1) is 0 Å². The van der Waals surface area contributed by atoms with Gasteiger partial charge in [0.05, 0.1) is 0 Å². The molecule has 2 rings (SSSR count). The van der Waals surface area contributed by atoms with Crippen LogP contribution in [-0.4, -0.2) is 43.6 Å². The van der Waals surface area contributed by atoms with E-state index in [2.05, 4.69) is 10.3 Å². The molecule has 0 saturated carbocycles. The van der Waals surface area contributed by atoms with Crippen molar-refractivity contribution < 1.29 is 16.7 Å². The van der Waals surface area contributed by atoms with Crippen molar-refractivity contribution >= 4 is 24.8 Å². The molecule has 2 aromatic rings. The standard InChI is InChI=1S/C9H8AsN3O4/c14-6-9-5-11-12-13(9)8-3-1-7(2-4-8)10(15,16)17/h1-6H,(H2,15,16,17). The van der Waals surface area contributed by atoms with Crippen molar-refractivity contribution in [2.24, 2.45) is 0 Å². The van der Waals surface area contributed by atoms with Gasteiger partial charge in [-0.3, -0.25) is 0 Å². The Bertz CT molecular complexity index is 587. The van der Waals surface area contributed by atoms with Gasteiger partial charge in [0.1, 0.15) is 0 Å². The average Bonchev–Trinajstić information content (AvgIpc) is 2.76. The second-order valence-electron chi connectivity index (χ2n) is 3.25. The van der Waals surface area contributed by atoms with Crippen molar-refractivity contribution in [3.8, 4) is 5.69 Å². The fourth-order valence-electron chi connectivity index (χ4n) is 1.31. The van der Waals surface area contributed by atoms with Crippen LogP contribution >= 0.6 is 0 Å². The molecule has 0 unspecified atom stereocenters. The van der Waals surface area contributed by atoms with Crippen LogP contribution in [0.2, 0.25) is 0 Å². The molecule has 1 heterocycles. The van der Waals surface area contributed by atoms with Crippen LogP contribution < -0.4 is 4.35 Å². The van der Waals surface area contributed by atoms with Crippen LogP contribution in [0.5, 0.6) is 0 Å². The number of carbonyl (C=O) groups excluding carboxylic acids is 1. The van der Waals surface area contributed by atoms with Crippen molar-refractivity contribution in [3.63, 3.8) is 0 Å². The molecule has 0 saturated heterocycles. The van der Waals surface area contributed by atoms with Crippen molar-refractivity contribution in [2.75, 3.05) is 0 Å². The Morgan fingerprint density at radius 1 is 1.24 bits per heavy atom. The van der Waals surface area contributed by atoms with Crippen LogP contribution in [0.4, 0.5) is 0 Å². The summed E-state index contributed by atoms with van der Waals surface area (Å²) in [6.45, 7) is 0. The van der Waals surface area contributed by atoms with E-state index in [-0.39, 0.29) is 10.0 Å². The van der Waals surface area contributed by atoms with Crippen molar-refractivity contribution in [2.45, 2.75) is 0 Å². The predicted octanol–water partition coefficient (Wildman–Crippen LogP) is -1.36. The number of rotatable bonds is 3. The first-order valence-corrected chi connectivity index (χ1v) is 7.93. The number of nitrogens with zero attached hydrogens (tertiary/aromatic N) is 3. The Kier molecular flexibility index (Phi) is 2.97. The molecule has 0 bridgehead atoms. The molecule has 0 amide bonds. The zero-order valence-corrected chi connectivity index (χ0v) is 10.3. The normalized spacial score (nSPS) is 11.4. The molecule has 1 aromatic carbocycles. The van der Waals surface area contributed by atoms with E-state index < -0.39 is 14.2 Å². The van der Waals surface area contributed by atoms with Crippen LogP contribution in [0.15, 0.2) is 30.5 Å². The van der Waals surface area contributed by atoms with Gasteiger partial charge in [0.25, 0.3) is 0 Å². The molecule has 1 aromatic heterocycles. The van der Waals surface area contributed by atoms with Crippen LogP contribution in [0.3, 0.4) is 0 Å². The monoisotopic (exact) mass is 297 g/mol. The number of benzene rings is 1. The zero-order chi connectivity index (χ0) is 12.5. The molecule has 7 nitrogen and oxygen atoms in total. The molecule has 88 valence electrons. The van der Waals surface area contributed by atoms with E-state index in [4.69, 9.17) is 8.19 Å². The number of aldehydes is 1. The first kappa shape index (κ1) is 11.8. The summed E-state index contributed by atoms with van der Waals surface area (Å²) in [5.41, 5.74) is 0.775. The first-order valence-electron chi connectivity index (χ1n) is 4.55. The molecule has 17 heavy (non-hydrogen) atoms. The molecule has 2 N–H and O–H groups in total. The van der Waals surface area contributed by atoms with Gasteiger partial charge in [-0.25, -0.2) is 0 Å². The van der Waals surface area contributed by atoms with Gasteiger partial charge in [0, 0.05) is 0 Å². The van der Waals surface area contributed by atoms with E-state index in [0.717, 1.165) is 0 Å². The van der Waals surface area contributed by atoms with Gasteiger partial charge in [-0.2, -0.15) is 0 Å². The second kappa shape index (κ2) is 4.29. The Balaban J connectivity index is 2.43. The van der Waals surface area contributed by atoms with Gasteiger partial charge in [-0.05, 0) is 0 Å². The van der Waals surface area contributed by atoms with E-state index in [0.29, 0.717) is 12.0 Å². The van der Waals surface area contributed by atoms with E-state index in [1.165, 1.54) is 35.1 Å². The van der Waals surface area contributed by atoms with Crippen molar-refractivity contribution in [3.05, 3.63) is 36.2 Å². The third-order valence-electron chi connectivity index (χ3n) is 2.13. The Morgan fingerprint density at radius 2 is 1.88 bits per heavy atom. The van der Waals surface area contributed by atoms with Gasteiger partial charge < -0.3 is 0 Å². The number of carbonyl (C=O) groups is 1. The third-order valence-corrected chi connectivity index (χ3v) is 4.16. The van der Waals surface area contributed by atoms with Gasteiger partial charge >= 0.3 is 98.4 Å². The van der Waals surface area contributed by atoms with Gasteiger partial charge in [0.15, 0.2) is 0 Å². The molecule has 0 atom stereocenters. The predicted molar refractivity (Wildman–Crippen MR) is 57.3 cm³/mol. The molecule has 0 aliphatic carbocycles. The van der Waals surface area contributed by atoms with Crippen LogP contribution in [-0.2, 0) is 3.74 Å². The minimum absolute atomic E-state index is 0.0281. The van der Waals surface area contributed by atoms with Crippen molar-refractivity contribution in [1.29, 1.82) is 0 Å². The molecular formula is C9H8AsN3O4. The molecule has 0 fully saturated rings. The Hall–Kier alpha value is -1.69. The molecule has 0 aliphatic rings. The number of hydrogen-bond acceptors (Lipinski definition) is 4. The topological polar surface area (TPSA) is 105 Å². The van der Waals surface area contributed by atoms with Gasteiger partial charge in [0.2, 0.25) is 0 Å². The Labute approximate surface area is 98.7 Å². The van der Waals surface area contributed by atoms with E-state index in [1.807, 2.05) is 0 Å². The summed E-state index contributed by atoms with van der Waals surface area (Å²) in [6.07, 6.45) is 1.90. The number of aromatic nitrogens is 3. The molecular weight excluding hydrogens is 289 g/mol. The first-order chi connectivity index (χ1) is 8.02. The van der Waals surface area contributed by atoms with Gasteiger partial charge in [-0.1, -0.05) is 0 Å². The average molecular weight is 297 g/mol. The van der Waals surface area contributed by atoms with Gasteiger partial charge in [-0.15, -0.1) is 0 Å². The van der Waals surface area contributed by atoms with E-state index in [9.17, 15) is 8.53 Å². The summed E-state index contributed by atoms with van der Waals surface area (Å²) in [4.78, 5) is 10.7. The minimum atomic E-state index is -4.86. The summed E-state index contributed by atoms with van der Waals surface area (Å²) in [6, 6.07) is 5.56. The summed E-state index contributed by atoms with van der Waals surface area (Å²) in [5, 5.41) is 7.27. The molecule has 0 radical (unpaired) electrons. The van der Waals surface area contributed by atoms with Crippen molar-refractivity contribution in [1.82, 2.24) is 15.0 Å². The quantitative estimate of drug-likeness (QED) is 0.535.